The summed E-state index contributed by atoms with van der Waals surface area (Å²) in [6.45, 7) is 3.01. The molecule has 9 heteroatoms. The van der Waals surface area contributed by atoms with Gasteiger partial charge in [-0.1, -0.05) is 13.3 Å². The molecule has 0 saturated carbocycles. The van der Waals surface area contributed by atoms with Crippen LogP contribution in [-0.2, 0) is 14.8 Å². The number of carboxylic acid groups (broad SMARTS) is 1. The molecule has 106 valence electrons. The van der Waals surface area contributed by atoms with Crippen molar-refractivity contribution in [2.75, 3.05) is 12.3 Å². The zero-order chi connectivity index (χ0) is 14.4. The fraction of sp³-hybridized carbons (Fsp3) is 0.778. The van der Waals surface area contributed by atoms with E-state index < -0.39 is 33.3 Å². The van der Waals surface area contributed by atoms with Gasteiger partial charge in [0.15, 0.2) is 0 Å². The molecular formula is C9H19N3O5S. The lowest BCUT2D eigenvalue weighted by Crippen LogP contribution is -2.55. The maximum Gasteiger partial charge on any atom is 0.329 e. The van der Waals surface area contributed by atoms with Crippen molar-refractivity contribution in [1.82, 2.24) is 10.6 Å². The Hall–Kier alpha value is -1.35. The molecule has 0 fully saturated rings. The first-order valence-corrected chi connectivity index (χ1v) is 7.12. The number of amides is 2. The monoisotopic (exact) mass is 281 g/mol. The molecule has 0 aromatic carbocycles. The molecule has 0 bridgehead atoms. The first-order valence-electron chi connectivity index (χ1n) is 5.40. The molecule has 0 aromatic rings. The van der Waals surface area contributed by atoms with Gasteiger partial charge in [-0.25, -0.2) is 23.1 Å². The highest BCUT2D eigenvalue weighted by Crippen LogP contribution is 2.12. The first-order chi connectivity index (χ1) is 8.10. The van der Waals surface area contributed by atoms with Crippen molar-refractivity contribution >= 4 is 22.0 Å². The third-order valence-electron chi connectivity index (χ3n) is 2.28. The van der Waals surface area contributed by atoms with Crippen LogP contribution >= 0.6 is 0 Å². The Morgan fingerprint density at radius 3 is 2.33 bits per heavy atom. The smallest absolute Gasteiger partial charge is 0.329 e. The van der Waals surface area contributed by atoms with Gasteiger partial charge in [-0.05, 0) is 13.3 Å². The van der Waals surface area contributed by atoms with Crippen LogP contribution < -0.4 is 15.8 Å². The average molecular weight is 281 g/mol. The molecule has 5 N–H and O–H groups in total. The number of hydrogen-bond acceptors (Lipinski definition) is 4. The number of sulfonamides is 1. The van der Waals surface area contributed by atoms with Crippen molar-refractivity contribution in [2.45, 2.75) is 32.2 Å². The lowest BCUT2D eigenvalue weighted by molar-refractivity contribution is -0.144. The van der Waals surface area contributed by atoms with E-state index in [0.717, 1.165) is 0 Å². The van der Waals surface area contributed by atoms with E-state index >= 15 is 0 Å². The molecule has 1 atom stereocenters. The SMILES string of the molecule is CCCC(C)(NC(=O)NCCS(N)(=O)=O)C(=O)O. The Balaban J connectivity index is 4.32. The number of nitrogens with one attached hydrogen (secondary N) is 2. The largest absolute Gasteiger partial charge is 0.480 e. The van der Waals surface area contributed by atoms with Gasteiger partial charge in [0.05, 0.1) is 5.75 Å². The van der Waals surface area contributed by atoms with Gasteiger partial charge in [0.1, 0.15) is 5.54 Å². The molecule has 0 aromatic heterocycles. The number of hydrogen-bond donors (Lipinski definition) is 4. The first kappa shape index (κ1) is 16.6. The lowest BCUT2D eigenvalue weighted by Gasteiger charge is -2.25. The van der Waals surface area contributed by atoms with Crippen molar-refractivity contribution in [3.05, 3.63) is 0 Å². The van der Waals surface area contributed by atoms with E-state index in [0.29, 0.717) is 6.42 Å². The van der Waals surface area contributed by atoms with Crippen LogP contribution in [0.2, 0.25) is 0 Å². The second-order valence-electron chi connectivity index (χ2n) is 4.14. The van der Waals surface area contributed by atoms with Crippen molar-refractivity contribution in [3.8, 4) is 0 Å². The Labute approximate surface area is 106 Å². The number of carbonyl (C=O) groups excluding carboxylic acids is 1. The molecule has 1 unspecified atom stereocenters. The third-order valence-corrected chi connectivity index (χ3v) is 3.06. The van der Waals surface area contributed by atoms with Crippen molar-refractivity contribution in [2.24, 2.45) is 5.14 Å². The summed E-state index contributed by atoms with van der Waals surface area (Å²) in [7, 11) is -3.65. The highest BCUT2D eigenvalue weighted by molar-refractivity contribution is 7.89. The van der Waals surface area contributed by atoms with E-state index in [1.54, 1.807) is 6.92 Å². The van der Waals surface area contributed by atoms with Crippen LogP contribution in [0.3, 0.4) is 0 Å². The van der Waals surface area contributed by atoms with Gasteiger partial charge in [-0.3, -0.25) is 0 Å². The summed E-state index contributed by atoms with van der Waals surface area (Å²) in [5.41, 5.74) is -1.37. The number of rotatable bonds is 7. The topological polar surface area (TPSA) is 139 Å². The molecule has 8 nitrogen and oxygen atoms in total. The summed E-state index contributed by atoms with van der Waals surface area (Å²) in [6.07, 6.45) is 0.852. The van der Waals surface area contributed by atoms with Crippen molar-refractivity contribution in [1.29, 1.82) is 0 Å². The minimum Gasteiger partial charge on any atom is -0.480 e. The van der Waals surface area contributed by atoms with Gasteiger partial charge < -0.3 is 15.7 Å². The number of primary sulfonamides is 1. The maximum atomic E-state index is 11.4. The van der Waals surface area contributed by atoms with E-state index in [1.807, 2.05) is 0 Å². The van der Waals surface area contributed by atoms with Gasteiger partial charge in [0.2, 0.25) is 10.0 Å². The molecule has 0 aliphatic heterocycles. The van der Waals surface area contributed by atoms with Gasteiger partial charge in [0.25, 0.3) is 0 Å². The van der Waals surface area contributed by atoms with Gasteiger partial charge in [-0.15, -0.1) is 0 Å². The van der Waals surface area contributed by atoms with Crippen LogP contribution in [0.1, 0.15) is 26.7 Å². The quantitative estimate of drug-likeness (QED) is 0.484. The molecular weight excluding hydrogens is 262 g/mol. The minimum atomic E-state index is -3.65. The molecule has 0 aliphatic rings. The summed E-state index contributed by atoms with van der Waals surface area (Å²) in [5, 5.41) is 18.3. The van der Waals surface area contributed by atoms with E-state index in [-0.39, 0.29) is 13.0 Å². The van der Waals surface area contributed by atoms with Crippen molar-refractivity contribution in [3.63, 3.8) is 0 Å². The zero-order valence-corrected chi connectivity index (χ0v) is 11.2. The highest BCUT2D eigenvalue weighted by Gasteiger charge is 2.33. The molecule has 0 aliphatic carbocycles. The fourth-order valence-corrected chi connectivity index (χ4v) is 1.71. The number of urea groups is 1. The molecule has 0 saturated heterocycles. The maximum absolute atomic E-state index is 11.4. The molecule has 0 spiro atoms. The van der Waals surface area contributed by atoms with E-state index in [2.05, 4.69) is 10.6 Å². The van der Waals surface area contributed by atoms with Crippen LogP contribution in [0.15, 0.2) is 0 Å². The Bertz CT molecular complexity index is 408. The second kappa shape index (κ2) is 6.55. The van der Waals surface area contributed by atoms with Crippen molar-refractivity contribution < 1.29 is 23.1 Å². The number of carboxylic acids is 1. The summed E-state index contributed by atoms with van der Waals surface area (Å²) >= 11 is 0. The summed E-state index contributed by atoms with van der Waals surface area (Å²) in [6, 6.07) is -0.739. The second-order valence-corrected chi connectivity index (χ2v) is 5.87. The van der Waals surface area contributed by atoms with Gasteiger partial charge >= 0.3 is 12.0 Å². The predicted octanol–water partition coefficient (Wildman–Crippen LogP) is -0.782. The van der Waals surface area contributed by atoms with Crippen LogP contribution in [0.4, 0.5) is 4.79 Å². The summed E-state index contributed by atoms with van der Waals surface area (Å²) in [4.78, 5) is 22.4. The normalized spacial score (nSPS) is 14.6. The Morgan fingerprint density at radius 1 is 1.39 bits per heavy atom. The minimum absolute atomic E-state index is 0.174. The molecule has 0 heterocycles. The van der Waals surface area contributed by atoms with Crippen LogP contribution in [-0.4, -0.2) is 43.4 Å². The van der Waals surface area contributed by atoms with Gasteiger partial charge in [-0.2, -0.15) is 0 Å². The van der Waals surface area contributed by atoms with E-state index in [9.17, 15) is 18.0 Å². The summed E-state index contributed by atoms with van der Waals surface area (Å²) < 4.78 is 21.2. The van der Waals surface area contributed by atoms with Gasteiger partial charge in [0, 0.05) is 6.54 Å². The van der Waals surface area contributed by atoms with E-state index in [4.69, 9.17) is 10.2 Å². The van der Waals surface area contributed by atoms with Crippen LogP contribution in [0.5, 0.6) is 0 Å². The molecule has 18 heavy (non-hydrogen) atoms. The lowest BCUT2D eigenvalue weighted by atomic mass is 9.97. The third kappa shape index (κ3) is 6.40. The number of nitrogens with two attached hydrogens (primary N) is 1. The fourth-order valence-electron chi connectivity index (χ4n) is 1.32. The predicted molar refractivity (Wildman–Crippen MR) is 65.5 cm³/mol. The van der Waals surface area contributed by atoms with E-state index in [1.165, 1.54) is 6.92 Å². The molecule has 0 radical (unpaired) electrons. The summed E-state index contributed by atoms with van der Waals surface area (Å²) in [5.74, 6) is -1.55. The molecule has 2 amide bonds. The average Bonchev–Trinajstić information content (AvgIpc) is 2.15. The number of carbonyl (C=O) groups is 2. The Morgan fingerprint density at radius 2 is 1.94 bits per heavy atom. The number of aliphatic carboxylic acids is 1. The zero-order valence-electron chi connectivity index (χ0n) is 10.4. The standard InChI is InChI=1S/C9H19N3O5S/c1-3-4-9(2,7(13)14)12-8(15)11-5-6-18(10,16)17/h3-6H2,1-2H3,(H,13,14)(H2,10,16,17)(H2,11,12,15). The Kier molecular flexibility index (Phi) is 6.06. The van der Waals surface area contributed by atoms with Crippen LogP contribution in [0, 0.1) is 0 Å². The highest BCUT2D eigenvalue weighted by atomic mass is 32.2. The molecule has 0 rings (SSSR count). The van der Waals surface area contributed by atoms with Crippen LogP contribution in [0.25, 0.3) is 0 Å².